The van der Waals surface area contributed by atoms with Gasteiger partial charge in [0.05, 0.1) is 17.9 Å². The van der Waals surface area contributed by atoms with Gasteiger partial charge in [-0.15, -0.1) is 0 Å². The molecule has 29 heavy (non-hydrogen) atoms. The topological polar surface area (TPSA) is 81.4 Å². The number of aromatic nitrogens is 1. The van der Waals surface area contributed by atoms with E-state index >= 15 is 0 Å². The maximum atomic E-state index is 12.5. The van der Waals surface area contributed by atoms with Crippen LogP contribution in [-0.2, 0) is 9.53 Å². The highest BCUT2D eigenvalue weighted by molar-refractivity contribution is 7.99. The molecule has 1 amide bonds. The summed E-state index contributed by atoms with van der Waals surface area (Å²) >= 11 is 1.38. The number of pyridine rings is 1. The van der Waals surface area contributed by atoms with Gasteiger partial charge in [0, 0.05) is 11.1 Å². The molecule has 3 rings (SSSR count). The van der Waals surface area contributed by atoms with Crippen molar-refractivity contribution in [3.8, 4) is 0 Å². The third-order valence-corrected chi connectivity index (χ3v) is 5.37. The van der Waals surface area contributed by atoms with Crippen LogP contribution < -0.4 is 5.32 Å². The van der Waals surface area contributed by atoms with Crippen molar-refractivity contribution >= 4 is 23.6 Å². The van der Waals surface area contributed by atoms with Crippen LogP contribution in [0, 0.1) is 13.8 Å². The number of furan rings is 1. The Morgan fingerprint density at radius 1 is 1.17 bits per heavy atom. The second-order valence-corrected chi connectivity index (χ2v) is 7.65. The molecule has 1 N–H and O–H groups in total. The van der Waals surface area contributed by atoms with Crippen LogP contribution in [0.25, 0.3) is 0 Å². The first-order chi connectivity index (χ1) is 13.9. The highest BCUT2D eigenvalue weighted by Gasteiger charge is 2.18. The van der Waals surface area contributed by atoms with E-state index in [4.69, 9.17) is 9.15 Å². The fourth-order valence-corrected chi connectivity index (χ4v) is 3.59. The molecule has 0 aliphatic rings. The molecule has 0 aliphatic carbocycles. The van der Waals surface area contributed by atoms with Crippen molar-refractivity contribution in [2.75, 3.05) is 6.61 Å². The molecule has 6 nitrogen and oxygen atoms in total. The summed E-state index contributed by atoms with van der Waals surface area (Å²) in [5, 5.41) is 3.26. The zero-order chi connectivity index (χ0) is 20.8. The number of aryl methyl sites for hydroxylation is 2. The molecule has 0 fully saturated rings. The first-order valence-corrected chi connectivity index (χ1v) is 9.95. The molecule has 0 unspecified atom stereocenters. The number of hydrogen-bond acceptors (Lipinski definition) is 6. The van der Waals surface area contributed by atoms with Gasteiger partial charge in [0.2, 0.25) is 0 Å². The van der Waals surface area contributed by atoms with E-state index in [-0.39, 0.29) is 12.6 Å². The van der Waals surface area contributed by atoms with E-state index in [1.165, 1.54) is 23.6 Å². The second kappa shape index (κ2) is 9.43. The van der Waals surface area contributed by atoms with Crippen molar-refractivity contribution in [2.45, 2.75) is 36.7 Å². The molecule has 0 spiro atoms. The average Bonchev–Trinajstić information content (AvgIpc) is 3.24. The molecule has 0 aliphatic heterocycles. The van der Waals surface area contributed by atoms with E-state index in [9.17, 15) is 9.59 Å². The van der Waals surface area contributed by atoms with Gasteiger partial charge in [-0.3, -0.25) is 4.79 Å². The molecule has 150 valence electrons. The lowest BCUT2D eigenvalue weighted by Crippen LogP contribution is -2.31. The Labute approximate surface area is 173 Å². The molecule has 1 atom stereocenters. The lowest BCUT2D eigenvalue weighted by Gasteiger charge is -2.12. The van der Waals surface area contributed by atoms with Crippen LogP contribution in [0.4, 0.5) is 0 Å². The van der Waals surface area contributed by atoms with Gasteiger partial charge in [-0.25, -0.2) is 9.78 Å². The number of amides is 1. The van der Waals surface area contributed by atoms with Crippen LogP contribution in [0.3, 0.4) is 0 Å². The molecular weight excluding hydrogens is 388 g/mol. The minimum absolute atomic E-state index is 0.314. The van der Waals surface area contributed by atoms with Gasteiger partial charge in [0.1, 0.15) is 10.8 Å². The van der Waals surface area contributed by atoms with Gasteiger partial charge in [-0.2, -0.15) is 0 Å². The normalized spacial score (nSPS) is 11.7. The largest absolute Gasteiger partial charge is 0.467 e. The molecule has 7 heteroatoms. The average molecular weight is 410 g/mol. The van der Waals surface area contributed by atoms with Crippen LogP contribution in [0.1, 0.15) is 40.2 Å². The third kappa shape index (κ3) is 5.48. The number of ether oxygens (including phenoxy) is 1. The number of hydrogen-bond donors (Lipinski definition) is 1. The summed E-state index contributed by atoms with van der Waals surface area (Å²) in [5.74, 6) is -0.372. The maximum absolute atomic E-state index is 12.5. The molecule has 3 aromatic rings. The van der Waals surface area contributed by atoms with Crippen LogP contribution in [0.2, 0.25) is 0 Å². The summed E-state index contributed by atoms with van der Waals surface area (Å²) in [4.78, 5) is 29.9. The number of nitrogens with zero attached hydrogens (tertiary/aromatic N) is 1. The molecule has 0 saturated heterocycles. The van der Waals surface area contributed by atoms with Crippen molar-refractivity contribution < 1.29 is 18.7 Å². The predicted octanol–water partition coefficient (Wildman–Crippen LogP) is 4.48. The van der Waals surface area contributed by atoms with Crippen molar-refractivity contribution in [3.05, 3.63) is 77.4 Å². The van der Waals surface area contributed by atoms with Crippen LogP contribution in [-0.4, -0.2) is 23.5 Å². The number of rotatable bonds is 7. The van der Waals surface area contributed by atoms with Gasteiger partial charge in [0.25, 0.3) is 5.91 Å². The van der Waals surface area contributed by atoms with Gasteiger partial charge >= 0.3 is 5.97 Å². The molecular formula is C22H22N2O4S. The van der Waals surface area contributed by atoms with Gasteiger partial charge in [0.15, 0.2) is 6.61 Å². The number of esters is 1. The second-order valence-electron chi connectivity index (χ2n) is 6.58. The molecule has 2 aromatic heterocycles. The summed E-state index contributed by atoms with van der Waals surface area (Å²) in [5.41, 5.74) is 2.69. The van der Waals surface area contributed by atoms with Crippen molar-refractivity contribution in [2.24, 2.45) is 0 Å². The molecule has 2 heterocycles. The van der Waals surface area contributed by atoms with E-state index in [2.05, 4.69) is 10.3 Å². The Morgan fingerprint density at radius 3 is 2.72 bits per heavy atom. The summed E-state index contributed by atoms with van der Waals surface area (Å²) in [6.45, 7) is 5.49. The number of carbonyl (C=O) groups excluding carboxylic acids is 2. The Kier molecular flexibility index (Phi) is 6.72. The standard InChI is InChI=1S/C22H22N2O4S/c1-14-8-9-17(12-15(14)2)29-21-18(6-4-10-23-21)22(26)28-13-20(25)24-16(3)19-7-5-11-27-19/h4-12,16H,13H2,1-3H3,(H,24,25)/t16-/m0/s1. The zero-order valence-electron chi connectivity index (χ0n) is 16.5. The summed E-state index contributed by atoms with van der Waals surface area (Å²) in [6.07, 6.45) is 3.16. The van der Waals surface area contributed by atoms with E-state index in [0.29, 0.717) is 16.3 Å². The number of benzene rings is 1. The van der Waals surface area contributed by atoms with Crippen molar-refractivity contribution in [1.29, 1.82) is 0 Å². The molecule has 0 bridgehead atoms. The van der Waals surface area contributed by atoms with Crippen LogP contribution in [0.5, 0.6) is 0 Å². The first-order valence-electron chi connectivity index (χ1n) is 9.14. The first kappa shape index (κ1) is 20.7. The predicted molar refractivity (Wildman–Crippen MR) is 110 cm³/mol. The van der Waals surface area contributed by atoms with Gasteiger partial charge < -0.3 is 14.5 Å². The Hall–Kier alpha value is -3.06. The van der Waals surface area contributed by atoms with Crippen LogP contribution in [0.15, 0.2) is 69.3 Å². The van der Waals surface area contributed by atoms with E-state index < -0.39 is 11.9 Å². The van der Waals surface area contributed by atoms with E-state index in [0.717, 1.165) is 10.5 Å². The smallest absolute Gasteiger partial charge is 0.341 e. The van der Waals surface area contributed by atoms with Crippen molar-refractivity contribution in [1.82, 2.24) is 10.3 Å². The Bertz CT molecular complexity index is 1000. The maximum Gasteiger partial charge on any atom is 0.341 e. The molecule has 0 radical (unpaired) electrons. The Morgan fingerprint density at radius 2 is 2.00 bits per heavy atom. The highest BCUT2D eigenvalue weighted by Crippen LogP contribution is 2.30. The third-order valence-electron chi connectivity index (χ3n) is 4.37. The minimum atomic E-state index is -0.592. The number of nitrogens with one attached hydrogen (secondary N) is 1. The molecule has 1 aromatic carbocycles. The van der Waals surface area contributed by atoms with Crippen molar-refractivity contribution in [3.63, 3.8) is 0 Å². The number of carbonyl (C=O) groups is 2. The van der Waals surface area contributed by atoms with Crippen LogP contribution >= 0.6 is 11.8 Å². The quantitative estimate of drug-likeness (QED) is 0.579. The van der Waals surface area contributed by atoms with E-state index in [1.807, 2.05) is 32.0 Å². The van der Waals surface area contributed by atoms with Gasteiger partial charge in [-0.05, 0) is 68.3 Å². The van der Waals surface area contributed by atoms with Gasteiger partial charge in [-0.1, -0.05) is 17.8 Å². The highest BCUT2D eigenvalue weighted by atomic mass is 32.2. The molecule has 0 saturated carbocycles. The monoisotopic (exact) mass is 410 g/mol. The minimum Gasteiger partial charge on any atom is -0.467 e. The Balaban J connectivity index is 1.62. The fraction of sp³-hybridized carbons (Fsp3) is 0.227. The SMILES string of the molecule is Cc1ccc(Sc2ncccc2C(=O)OCC(=O)N[C@@H](C)c2ccco2)cc1C. The lowest BCUT2D eigenvalue weighted by atomic mass is 10.1. The lowest BCUT2D eigenvalue weighted by molar-refractivity contribution is -0.125. The van der Waals surface area contributed by atoms with E-state index in [1.54, 1.807) is 37.4 Å². The summed E-state index contributed by atoms with van der Waals surface area (Å²) < 4.78 is 10.4. The zero-order valence-corrected chi connectivity index (χ0v) is 17.3. The summed E-state index contributed by atoms with van der Waals surface area (Å²) in [7, 11) is 0. The fourth-order valence-electron chi connectivity index (χ4n) is 2.62. The summed E-state index contributed by atoms with van der Waals surface area (Å²) in [6, 6.07) is 12.6.